The van der Waals surface area contributed by atoms with Gasteiger partial charge in [0.1, 0.15) is 41.4 Å². The predicted octanol–water partition coefficient (Wildman–Crippen LogP) is -5.03. The monoisotopic (exact) mass is 1080 g/mol. The molecule has 28 nitrogen and oxygen atoms in total. The molecule has 4 rings (SSSR count). The van der Waals surface area contributed by atoms with E-state index in [-0.39, 0.29) is 77.1 Å². The van der Waals surface area contributed by atoms with Crippen molar-refractivity contribution in [3.8, 4) is 0 Å². The Morgan fingerprint density at radius 2 is 1.52 bits per heavy atom. The van der Waals surface area contributed by atoms with Gasteiger partial charge in [0.25, 0.3) is 0 Å². The van der Waals surface area contributed by atoms with Gasteiger partial charge in [0, 0.05) is 42.7 Å². The molecule has 2 aromatic rings. The quantitative estimate of drug-likeness (QED) is 0.0138. The second-order valence-corrected chi connectivity index (χ2v) is 19.2. The number of hydrogen-bond acceptors (Lipinski definition) is 16. The van der Waals surface area contributed by atoms with E-state index in [1.54, 1.807) is 6.20 Å². The summed E-state index contributed by atoms with van der Waals surface area (Å²) >= 11 is 0. The first-order chi connectivity index (χ1) is 36.7. The molecule has 1 saturated carbocycles. The number of H-pyrrole nitrogens is 1. The van der Waals surface area contributed by atoms with E-state index in [1.807, 2.05) is 24.3 Å². The fourth-order valence-corrected chi connectivity index (χ4v) is 9.02. The number of benzene rings is 1. The topological polar surface area (TPSA) is 492 Å². The Hall–Kier alpha value is -7.24. The lowest BCUT2D eigenvalue weighted by Gasteiger charge is -2.30. The maximum absolute atomic E-state index is 14.8. The molecule has 426 valence electrons. The van der Waals surface area contributed by atoms with E-state index in [1.165, 1.54) is 17.9 Å². The molecule has 1 aromatic carbocycles. The van der Waals surface area contributed by atoms with Crippen molar-refractivity contribution < 1.29 is 53.4 Å². The van der Waals surface area contributed by atoms with Crippen LogP contribution in [-0.4, -0.2) is 173 Å². The van der Waals surface area contributed by atoms with Gasteiger partial charge in [0.15, 0.2) is 5.96 Å². The molecule has 0 bridgehead atoms. The summed E-state index contributed by atoms with van der Waals surface area (Å²) in [6.07, 6.45) is 4.85. The van der Waals surface area contributed by atoms with Crippen LogP contribution in [-0.2, 0) is 43.2 Å². The van der Waals surface area contributed by atoms with Crippen molar-refractivity contribution >= 4 is 70.1 Å². The maximum Gasteiger partial charge on any atom is 0.352 e. The molecular weight excluding hydrogens is 1000 g/mol. The molecule has 8 amide bonds. The smallest absolute Gasteiger partial charge is 0.352 e. The molecule has 24 N–H and O–H groups in total. The molecule has 1 saturated heterocycles. The van der Waals surface area contributed by atoms with Crippen LogP contribution in [0.3, 0.4) is 0 Å². The Labute approximate surface area is 446 Å². The number of carboxylic acid groups (broad SMARTS) is 1. The zero-order valence-electron chi connectivity index (χ0n) is 43.5. The summed E-state index contributed by atoms with van der Waals surface area (Å²) < 4.78 is 0. The van der Waals surface area contributed by atoms with E-state index >= 15 is 0 Å². The normalized spacial score (nSPS) is 19.3. The summed E-state index contributed by atoms with van der Waals surface area (Å²) in [6.45, 7) is 1.22. The minimum absolute atomic E-state index is 0.0449. The fraction of sp³-hybridized carbons (Fsp3) is 0.592. The van der Waals surface area contributed by atoms with Gasteiger partial charge in [-0.3, -0.25) is 43.3 Å². The highest BCUT2D eigenvalue weighted by molar-refractivity contribution is 6.03. The van der Waals surface area contributed by atoms with Gasteiger partial charge in [-0.2, -0.15) is 0 Å². The Morgan fingerprint density at radius 3 is 2.18 bits per heavy atom. The van der Waals surface area contributed by atoms with Crippen molar-refractivity contribution in [3.63, 3.8) is 0 Å². The first-order valence-corrected chi connectivity index (χ1v) is 25.9. The van der Waals surface area contributed by atoms with Crippen LogP contribution in [0.25, 0.3) is 10.9 Å². The number of likely N-dealkylation sites (tertiary alicyclic amines) is 1. The van der Waals surface area contributed by atoms with Crippen LogP contribution in [0.4, 0.5) is 0 Å². The second-order valence-electron chi connectivity index (χ2n) is 19.2. The number of para-hydroxylation sites is 1. The van der Waals surface area contributed by atoms with Gasteiger partial charge in [-0.15, -0.1) is 0 Å². The lowest BCUT2D eigenvalue weighted by molar-refractivity contribution is -0.142. The number of carbonyl (C=O) groups excluding carboxylic acids is 8. The Bertz CT molecular complexity index is 2450. The number of aromatic nitrogens is 1. The summed E-state index contributed by atoms with van der Waals surface area (Å²) in [5.74, 6) is -8.41. The molecule has 2 aliphatic rings. The molecule has 77 heavy (non-hydrogen) atoms. The molecule has 1 aromatic heterocycles. The third-order valence-electron chi connectivity index (χ3n) is 13.4. The highest BCUT2D eigenvalue weighted by atomic mass is 16.4. The number of hydrogen-bond donors (Lipinski definition) is 17. The molecule has 1 unspecified atom stereocenters. The van der Waals surface area contributed by atoms with E-state index < -0.39 is 126 Å². The third kappa shape index (κ3) is 17.9. The predicted molar refractivity (Wildman–Crippen MR) is 284 cm³/mol. The zero-order valence-corrected chi connectivity index (χ0v) is 43.5. The van der Waals surface area contributed by atoms with Crippen molar-refractivity contribution in [1.82, 2.24) is 47.1 Å². The molecule has 2 heterocycles. The molecule has 28 heteroatoms. The van der Waals surface area contributed by atoms with Crippen LogP contribution in [0.5, 0.6) is 0 Å². The van der Waals surface area contributed by atoms with Crippen molar-refractivity contribution in [1.29, 1.82) is 0 Å². The first-order valence-electron chi connectivity index (χ1n) is 25.9. The third-order valence-corrected chi connectivity index (χ3v) is 13.4. The molecular formula is C49H79N17O11. The van der Waals surface area contributed by atoms with Gasteiger partial charge >= 0.3 is 5.97 Å². The van der Waals surface area contributed by atoms with E-state index in [9.17, 15) is 53.4 Å². The summed E-state index contributed by atoms with van der Waals surface area (Å²) in [6, 6.07) is -0.0910. The number of amides is 8. The highest BCUT2D eigenvalue weighted by Gasteiger charge is 2.63. The summed E-state index contributed by atoms with van der Waals surface area (Å²) in [5, 5.41) is 39.0. The number of aliphatic hydroxyl groups is 1. The Morgan fingerprint density at radius 1 is 0.844 bits per heavy atom. The summed E-state index contributed by atoms with van der Waals surface area (Å²) in [7, 11) is 0. The number of nitrogens with zero attached hydrogens (tertiary/aromatic N) is 2. The molecule has 2 fully saturated rings. The SMILES string of the molecule is C[C@H](NC(=O)[C@@H](NC(=O)[C@@H](N)CCCCN)[C@@H](O)CN)C(=O)NCC(=O)N[C@H](CCCN)C(=O)N1CCC[C@H]1C(=O)NC1(C(=O)N[C@@H](CCCCN)C(=O)N/C(=C\CCN=C(N)N)C(=O)O)C[C@H]1c1c[nH]c2ccccc12. The molecule has 1 aliphatic heterocycles. The number of carbonyl (C=O) groups is 9. The second kappa shape index (κ2) is 30.5. The molecule has 9 atom stereocenters. The number of fused-ring (bicyclic) bond motifs is 1. The lowest BCUT2D eigenvalue weighted by Crippen LogP contribution is -2.60. The van der Waals surface area contributed by atoms with Gasteiger partial charge in [-0.05, 0) is 109 Å². The number of aliphatic carboxylic acids is 1. The number of aromatic amines is 1. The largest absolute Gasteiger partial charge is 0.477 e. The zero-order chi connectivity index (χ0) is 56.8. The molecule has 1 aliphatic carbocycles. The number of unbranched alkanes of at least 4 members (excludes halogenated alkanes) is 2. The standard InChI is InChI=1S/C49H79N17O11/c1-27(60-44(73)39(37(67)24-53)64-41(70)31(54)12-4-6-18-50)40(69)59-26-38(68)61-34(15-8-20-52)45(74)66-22-10-17-36(66)43(72)65-49(23-30(49)29-25-58-32-13-3-2-11-28(29)32)47(77)63-33(14-5-7-19-51)42(71)62-35(46(75)76)16-9-21-57-48(55)56/h2-3,11,13,16,25,27,30-31,33-34,36-37,39,58,67H,4-10,12,14-15,17-24,26,50-54H2,1H3,(H,59,69)(H,60,73)(H,61,68)(H,62,71)(H,63,77)(H,64,70)(H,65,72)(H,75,76)(H4,55,56,57)/b35-16-/t27-,30-,31-,33-,34+,36-,37-,39-,49?/m0/s1. The van der Waals surface area contributed by atoms with Crippen LogP contribution in [0, 0.1) is 0 Å². The van der Waals surface area contributed by atoms with Crippen molar-refractivity contribution in [2.75, 3.05) is 45.8 Å². The van der Waals surface area contributed by atoms with Gasteiger partial charge in [-0.1, -0.05) is 30.7 Å². The minimum atomic E-state index is -1.64. The average Bonchev–Trinajstić information content (AvgIpc) is 3.67. The van der Waals surface area contributed by atoms with E-state index in [0.717, 1.165) is 10.9 Å². The number of guanidine groups is 1. The van der Waals surface area contributed by atoms with E-state index in [4.69, 9.17) is 40.1 Å². The summed E-state index contributed by atoms with van der Waals surface area (Å²) in [5.41, 5.74) is 38.7. The first kappa shape index (κ1) is 62.3. The van der Waals surface area contributed by atoms with Crippen LogP contribution in [0.2, 0.25) is 0 Å². The van der Waals surface area contributed by atoms with Crippen molar-refractivity contribution in [3.05, 3.63) is 47.8 Å². The van der Waals surface area contributed by atoms with Gasteiger partial charge in [-0.25, -0.2) is 4.79 Å². The molecule has 0 spiro atoms. The fourth-order valence-electron chi connectivity index (χ4n) is 9.02. The Balaban J connectivity index is 1.49. The van der Waals surface area contributed by atoms with Crippen LogP contribution >= 0.6 is 0 Å². The highest BCUT2D eigenvalue weighted by Crippen LogP contribution is 2.53. The number of carboxylic acids is 1. The van der Waals surface area contributed by atoms with Gasteiger partial charge in [0.05, 0.1) is 18.7 Å². The average molecular weight is 1080 g/mol. The maximum atomic E-state index is 14.8. The van der Waals surface area contributed by atoms with Crippen LogP contribution < -0.4 is 77.4 Å². The van der Waals surface area contributed by atoms with E-state index in [2.05, 4.69) is 47.2 Å². The van der Waals surface area contributed by atoms with Gasteiger partial charge in [0.2, 0.25) is 47.3 Å². The summed E-state index contributed by atoms with van der Waals surface area (Å²) in [4.78, 5) is 130. The van der Waals surface area contributed by atoms with Crippen LogP contribution in [0.15, 0.2) is 47.2 Å². The Kier molecular flexibility index (Phi) is 24.7. The van der Waals surface area contributed by atoms with Gasteiger partial charge < -0.3 is 97.5 Å². The number of nitrogens with one attached hydrogen (secondary N) is 8. The van der Waals surface area contributed by atoms with Crippen LogP contribution in [0.1, 0.15) is 95.5 Å². The number of aliphatic imine (C=N–C) groups is 1. The lowest BCUT2D eigenvalue weighted by atomic mass is 10.0. The number of rotatable bonds is 33. The molecule has 0 radical (unpaired) electrons. The minimum Gasteiger partial charge on any atom is -0.477 e. The number of nitrogens with two attached hydrogens (primary N) is 7. The van der Waals surface area contributed by atoms with E-state index in [0.29, 0.717) is 44.2 Å². The van der Waals surface area contributed by atoms with Crippen molar-refractivity contribution in [2.24, 2.45) is 45.1 Å². The number of aliphatic hydroxyl groups excluding tert-OH is 1. The van der Waals surface area contributed by atoms with Crippen molar-refractivity contribution in [2.45, 2.75) is 138 Å².